The summed E-state index contributed by atoms with van der Waals surface area (Å²) < 4.78 is 0. The van der Waals surface area contributed by atoms with Crippen LogP contribution in [0.15, 0.2) is 42.5 Å². The summed E-state index contributed by atoms with van der Waals surface area (Å²) in [4.78, 5) is 13.1. The molecule has 0 aliphatic carbocycles. The van der Waals surface area contributed by atoms with Crippen molar-refractivity contribution in [1.29, 1.82) is 0 Å². The normalized spacial score (nSPS) is 17.4. The Kier molecular flexibility index (Phi) is 3.65. The van der Waals surface area contributed by atoms with E-state index < -0.39 is 0 Å². The second-order valence-electron chi connectivity index (χ2n) is 5.53. The van der Waals surface area contributed by atoms with Gasteiger partial charge in [-0.3, -0.25) is 4.79 Å². The maximum Gasteiger partial charge on any atom is 0.210 e. The van der Waals surface area contributed by atoms with Gasteiger partial charge in [0.15, 0.2) is 0 Å². The highest BCUT2D eigenvalue weighted by Crippen LogP contribution is 2.33. The molecule has 1 unspecified atom stereocenters. The Balaban J connectivity index is 2.05. The highest BCUT2D eigenvalue weighted by Gasteiger charge is 2.25. The zero-order valence-corrected chi connectivity index (χ0v) is 12.1. The van der Waals surface area contributed by atoms with E-state index in [4.69, 9.17) is 0 Å². The number of benzene rings is 2. The van der Waals surface area contributed by atoms with E-state index in [1.54, 1.807) is 12.1 Å². The SMILES string of the molecule is CCC1Cc2c(cccc2-c2ccc(O)cc2)CN1C=O. The Bertz CT molecular complexity index is 649. The van der Waals surface area contributed by atoms with Crippen molar-refractivity contribution in [3.8, 4) is 16.9 Å². The number of nitrogens with zero attached hydrogens (tertiary/aromatic N) is 1. The summed E-state index contributed by atoms with van der Waals surface area (Å²) in [5.74, 6) is 0.280. The van der Waals surface area contributed by atoms with E-state index in [1.807, 2.05) is 23.1 Å². The van der Waals surface area contributed by atoms with Gasteiger partial charge in [0.1, 0.15) is 5.75 Å². The van der Waals surface area contributed by atoms with E-state index in [0.717, 1.165) is 24.8 Å². The Hall–Kier alpha value is -2.29. The molecule has 0 radical (unpaired) electrons. The minimum absolute atomic E-state index is 0.272. The smallest absolute Gasteiger partial charge is 0.210 e. The maximum absolute atomic E-state index is 11.2. The molecule has 1 aliphatic rings. The second kappa shape index (κ2) is 5.60. The highest BCUT2D eigenvalue weighted by molar-refractivity contribution is 5.70. The van der Waals surface area contributed by atoms with Crippen LogP contribution in [-0.4, -0.2) is 22.5 Å². The van der Waals surface area contributed by atoms with Gasteiger partial charge in [-0.2, -0.15) is 0 Å². The lowest BCUT2D eigenvalue weighted by atomic mass is 9.87. The van der Waals surface area contributed by atoms with Gasteiger partial charge in [0, 0.05) is 12.6 Å². The van der Waals surface area contributed by atoms with Gasteiger partial charge in [-0.05, 0) is 47.2 Å². The monoisotopic (exact) mass is 281 g/mol. The molecule has 3 rings (SSSR count). The number of aromatic hydroxyl groups is 1. The van der Waals surface area contributed by atoms with Crippen LogP contribution in [0.3, 0.4) is 0 Å². The lowest BCUT2D eigenvalue weighted by Crippen LogP contribution is -2.39. The maximum atomic E-state index is 11.2. The van der Waals surface area contributed by atoms with Gasteiger partial charge < -0.3 is 10.0 Å². The van der Waals surface area contributed by atoms with Crippen LogP contribution in [0.5, 0.6) is 5.75 Å². The van der Waals surface area contributed by atoms with Gasteiger partial charge >= 0.3 is 0 Å². The molecular formula is C18H19NO2. The first kappa shape index (κ1) is 13.7. The molecule has 1 aliphatic heterocycles. The Morgan fingerprint density at radius 1 is 1.24 bits per heavy atom. The van der Waals surface area contributed by atoms with Gasteiger partial charge in [-0.15, -0.1) is 0 Å². The van der Waals surface area contributed by atoms with Gasteiger partial charge in [0.05, 0.1) is 0 Å². The highest BCUT2D eigenvalue weighted by atomic mass is 16.3. The van der Waals surface area contributed by atoms with E-state index in [0.29, 0.717) is 6.54 Å². The molecule has 1 heterocycles. The van der Waals surface area contributed by atoms with Crippen LogP contribution in [-0.2, 0) is 17.8 Å². The summed E-state index contributed by atoms with van der Waals surface area (Å²) in [5, 5.41) is 9.44. The minimum Gasteiger partial charge on any atom is -0.508 e. The van der Waals surface area contributed by atoms with Crippen LogP contribution in [0.25, 0.3) is 11.1 Å². The lowest BCUT2D eigenvalue weighted by molar-refractivity contribution is -0.121. The summed E-state index contributed by atoms with van der Waals surface area (Å²) in [5.41, 5.74) is 4.86. The lowest BCUT2D eigenvalue weighted by Gasteiger charge is -2.34. The average molecular weight is 281 g/mol. The summed E-state index contributed by atoms with van der Waals surface area (Å²) in [6.07, 6.45) is 2.81. The van der Waals surface area contributed by atoms with Crippen LogP contribution in [0, 0.1) is 0 Å². The zero-order chi connectivity index (χ0) is 14.8. The second-order valence-corrected chi connectivity index (χ2v) is 5.53. The summed E-state index contributed by atoms with van der Waals surface area (Å²) in [6.45, 7) is 2.80. The fraction of sp³-hybridized carbons (Fsp3) is 0.278. The molecule has 1 atom stereocenters. The standard InChI is InChI=1S/C18H19NO2/c1-2-15-10-18-14(11-19(15)12-20)4-3-5-17(18)13-6-8-16(21)9-7-13/h3-9,12,15,21H,2,10-11H2,1H3. The molecule has 0 spiro atoms. The number of phenolic OH excluding ortho intramolecular Hbond substituents is 1. The third kappa shape index (κ3) is 2.51. The number of phenols is 1. The van der Waals surface area contributed by atoms with Gasteiger partial charge in [-0.1, -0.05) is 37.3 Å². The molecule has 0 fully saturated rings. The molecule has 0 bridgehead atoms. The van der Waals surface area contributed by atoms with Crippen LogP contribution >= 0.6 is 0 Å². The van der Waals surface area contributed by atoms with Crippen molar-refractivity contribution in [2.24, 2.45) is 0 Å². The molecule has 0 aromatic heterocycles. The first-order valence-corrected chi connectivity index (χ1v) is 7.34. The van der Waals surface area contributed by atoms with Crippen LogP contribution in [0.4, 0.5) is 0 Å². The van der Waals surface area contributed by atoms with Crippen LogP contribution in [0.2, 0.25) is 0 Å². The van der Waals surface area contributed by atoms with Crippen LogP contribution < -0.4 is 0 Å². The molecule has 1 N–H and O–H groups in total. The number of amides is 1. The Morgan fingerprint density at radius 2 is 2.00 bits per heavy atom. The quantitative estimate of drug-likeness (QED) is 0.876. The topological polar surface area (TPSA) is 40.5 Å². The Labute approximate surface area is 124 Å². The third-order valence-corrected chi connectivity index (χ3v) is 4.32. The predicted molar refractivity (Wildman–Crippen MR) is 82.9 cm³/mol. The molecule has 0 saturated carbocycles. The number of hydrogen-bond donors (Lipinski definition) is 1. The molecule has 3 nitrogen and oxygen atoms in total. The number of rotatable bonds is 3. The molecule has 0 saturated heterocycles. The van der Waals surface area contributed by atoms with Crippen molar-refractivity contribution in [3.63, 3.8) is 0 Å². The van der Waals surface area contributed by atoms with E-state index in [9.17, 15) is 9.90 Å². The van der Waals surface area contributed by atoms with E-state index in [-0.39, 0.29) is 11.8 Å². The van der Waals surface area contributed by atoms with Gasteiger partial charge in [-0.25, -0.2) is 0 Å². The largest absolute Gasteiger partial charge is 0.508 e. The van der Waals surface area contributed by atoms with Crippen molar-refractivity contribution in [2.75, 3.05) is 0 Å². The molecule has 108 valence electrons. The zero-order valence-electron chi connectivity index (χ0n) is 12.1. The Morgan fingerprint density at radius 3 is 2.67 bits per heavy atom. The molecule has 2 aromatic carbocycles. The average Bonchev–Trinajstić information content (AvgIpc) is 2.53. The molecule has 2 aromatic rings. The van der Waals surface area contributed by atoms with Crippen molar-refractivity contribution in [2.45, 2.75) is 32.4 Å². The number of hydrogen-bond acceptors (Lipinski definition) is 2. The fourth-order valence-corrected chi connectivity index (χ4v) is 3.12. The first-order chi connectivity index (χ1) is 10.2. The predicted octanol–water partition coefficient (Wildman–Crippen LogP) is 3.35. The van der Waals surface area contributed by atoms with E-state index in [1.165, 1.54) is 16.7 Å². The van der Waals surface area contributed by atoms with Gasteiger partial charge in [0.2, 0.25) is 6.41 Å². The minimum atomic E-state index is 0.272. The first-order valence-electron chi connectivity index (χ1n) is 7.34. The summed E-state index contributed by atoms with van der Waals surface area (Å²) in [7, 11) is 0. The van der Waals surface area contributed by atoms with Crippen LogP contribution in [0.1, 0.15) is 24.5 Å². The molecular weight excluding hydrogens is 262 g/mol. The van der Waals surface area contributed by atoms with Crippen molar-refractivity contribution < 1.29 is 9.90 Å². The number of fused-ring (bicyclic) bond motifs is 1. The number of carbonyl (C=O) groups is 1. The summed E-state index contributed by atoms with van der Waals surface area (Å²) in [6, 6.07) is 13.8. The summed E-state index contributed by atoms with van der Waals surface area (Å²) >= 11 is 0. The van der Waals surface area contributed by atoms with Crippen molar-refractivity contribution >= 4 is 6.41 Å². The van der Waals surface area contributed by atoms with E-state index >= 15 is 0 Å². The fourth-order valence-electron chi connectivity index (χ4n) is 3.12. The molecule has 3 heteroatoms. The van der Waals surface area contributed by atoms with Gasteiger partial charge in [0.25, 0.3) is 0 Å². The molecule has 21 heavy (non-hydrogen) atoms. The van der Waals surface area contributed by atoms with Crippen molar-refractivity contribution in [3.05, 3.63) is 53.6 Å². The number of carbonyl (C=O) groups excluding carboxylic acids is 1. The molecule has 1 amide bonds. The third-order valence-electron chi connectivity index (χ3n) is 4.32. The van der Waals surface area contributed by atoms with E-state index in [2.05, 4.69) is 19.1 Å². The van der Waals surface area contributed by atoms with Crippen molar-refractivity contribution in [1.82, 2.24) is 4.90 Å².